The Balaban J connectivity index is 2.04. The second-order valence-corrected chi connectivity index (χ2v) is 5.99. The number of esters is 1. The lowest BCUT2D eigenvalue weighted by atomic mass is 10.2. The Bertz CT molecular complexity index is 528. The van der Waals surface area contributed by atoms with Crippen LogP contribution >= 0.6 is 0 Å². The van der Waals surface area contributed by atoms with Crippen molar-refractivity contribution in [2.75, 3.05) is 6.61 Å². The standard InChI is InChI=1S/C15H21NO8/c1-4-5-8-21-13(19)11-12(23-15(2,3)22-11)14(20)24-16-9(17)6-7-10(16)18/h11-12H,4-8H2,1-3H3/t11-,12-/m1/s1. The number of unbranched alkanes of at least 4 members (excludes halogenated alkanes) is 1. The first kappa shape index (κ1) is 18.3. The monoisotopic (exact) mass is 343 g/mol. The van der Waals surface area contributed by atoms with Crippen LogP contribution in [-0.2, 0) is 38.2 Å². The molecule has 0 aromatic rings. The van der Waals surface area contributed by atoms with Gasteiger partial charge in [0.05, 0.1) is 6.61 Å². The summed E-state index contributed by atoms with van der Waals surface area (Å²) in [6, 6.07) is 0. The molecule has 2 fully saturated rings. The van der Waals surface area contributed by atoms with Crippen molar-refractivity contribution in [2.45, 2.75) is 64.4 Å². The zero-order valence-corrected chi connectivity index (χ0v) is 13.9. The second-order valence-electron chi connectivity index (χ2n) is 5.99. The third kappa shape index (κ3) is 4.09. The molecule has 2 rings (SSSR count). The van der Waals surface area contributed by atoms with Gasteiger partial charge in [-0.2, -0.15) is 0 Å². The van der Waals surface area contributed by atoms with Crippen LogP contribution < -0.4 is 0 Å². The van der Waals surface area contributed by atoms with E-state index in [0.29, 0.717) is 11.5 Å². The van der Waals surface area contributed by atoms with Crippen LogP contribution in [0, 0.1) is 0 Å². The highest BCUT2D eigenvalue weighted by atomic mass is 16.8. The minimum Gasteiger partial charge on any atom is -0.464 e. The Morgan fingerprint density at radius 3 is 2.21 bits per heavy atom. The lowest BCUT2D eigenvalue weighted by Crippen LogP contribution is -2.43. The molecule has 0 bridgehead atoms. The predicted molar refractivity (Wildman–Crippen MR) is 76.9 cm³/mol. The van der Waals surface area contributed by atoms with E-state index >= 15 is 0 Å². The largest absolute Gasteiger partial charge is 0.464 e. The van der Waals surface area contributed by atoms with E-state index < -0.39 is 41.7 Å². The maximum absolute atomic E-state index is 12.2. The molecule has 2 aliphatic heterocycles. The number of ether oxygens (including phenoxy) is 3. The van der Waals surface area contributed by atoms with E-state index in [1.165, 1.54) is 13.8 Å². The molecule has 2 amide bonds. The van der Waals surface area contributed by atoms with Crippen LogP contribution in [0.1, 0.15) is 46.5 Å². The average molecular weight is 343 g/mol. The summed E-state index contributed by atoms with van der Waals surface area (Å²) in [6.45, 7) is 5.19. The van der Waals surface area contributed by atoms with E-state index in [9.17, 15) is 19.2 Å². The average Bonchev–Trinajstić information content (AvgIpc) is 3.00. The first-order chi connectivity index (χ1) is 11.2. The van der Waals surface area contributed by atoms with Crippen molar-refractivity contribution in [3.8, 4) is 0 Å². The normalized spacial score (nSPS) is 25.9. The number of carbonyl (C=O) groups is 4. The Morgan fingerprint density at radius 1 is 1.12 bits per heavy atom. The van der Waals surface area contributed by atoms with Crippen molar-refractivity contribution in [2.24, 2.45) is 0 Å². The molecule has 0 N–H and O–H groups in total. The summed E-state index contributed by atoms with van der Waals surface area (Å²) in [5, 5.41) is 0.399. The van der Waals surface area contributed by atoms with E-state index in [1.807, 2.05) is 6.92 Å². The quantitative estimate of drug-likeness (QED) is 0.389. The summed E-state index contributed by atoms with van der Waals surface area (Å²) in [7, 11) is 0. The third-order valence-electron chi connectivity index (χ3n) is 3.49. The predicted octanol–water partition coefficient (Wildman–Crippen LogP) is 0.457. The lowest BCUT2D eigenvalue weighted by molar-refractivity contribution is -0.208. The summed E-state index contributed by atoms with van der Waals surface area (Å²) >= 11 is 0. The highest BCUT2D eigenvalue weighted by Crippen LogP contribution is 2.30. The Labute approximate surface area is 139 Å². The molecule has 0 unspecified atom stereocenters. The van der Waals surface area contributed by atoms with Gasteiger partial charge in [0.15, 0.2) is 18.0 Å². The number of carbonyl (C=O) groups excluding carboxylic acids is 4. The molecular formula is C15H21NO8. The molecule has 0 spiro atoms. The number of nitrogens with zero attached hydrogens (tertiary/aromatic N) is 1. The fourth-order valence-corrected chi connectivity index (χ4v) is 2.31. The van der Waals surface area contributed by atoms with Crippen molar-refractivity contribution in [1.82, 2.24) is 5.06 Å². The molecule has 0 saturated carbocycles. The second kappa shape index (κ2) is 7.27. The molecule has 2 heterocycles. The van der Waals surface area contributed by atoms with Gasteiger partial charge in [0, 0.05) is 12.8 Å². The van der Waals surface area contributed by atoms with Gasteiger partial charge in [-0.15, -0.1) is 5.06 Å². The highest BCUT2D eigenvalue weighted by molar-refractivity contribution is 6.02. The van der Waals surface area contributed by atoms with E-state index in [4.69, 9.17) is 19.0 Å². The Morgan fingerprint density at radius 2 is 1.67 bits per heavy atom. The van der Waals surface area contributed by atoms with Crippen molar-refractivity contribution in [1.29, 1.82) is 0 Å². The Kier molecular flexibility index (Phi) is 5.55. The number of hydroxylamine groups is 2. The van der Waals surface area contributed by atoms with E-state index in [1.54, 1.807) is 0 Å². The van der Waals surface area contributed by atoms with Crippen LogP contribution in [0.2, 0.25) is 0 Å². The maximum Gasteiger partial charge on any atom is 0.365 e. The first-order valence-electron chi connectivity index (χ1n) is 7.85. The molecule has 2 atom stereocenters. The van der Waals surface area contributed by atoms with Crippen molar-refractivity contribution < 1.29 is 38.2 Å². The van der Waals surface area contributed by atoms with Crippen LogP contribution in [0.5, 0.6) is 0 Å². The summed E-state index contributed by atoms with van der Waals surface area (Å²) in [5.41, 5.74) is 0. The summed E-state index contributed by atoms with van der Waals surface area (Å²) in [4.78, 5) is 52.2. The number of hydrogen-bond donors (Lipinski definition) is 0. The van der Waals surface area contributed by atoms with Crippen LogP contribution in [0.25, 0.3) is 0 Å². The van der Waals surface area contributed by atoms with Gasteiger partial charge >= 0.3 is 11.9 Å². The van der Waals surface area contributed by atoms with Crippen molar-refractivity contribution in [3.05, 3.63) is 0 Å². The van der Waals surface area contributed by atoms with Gasteiger partial charge in [0.2, 0.25) is 0 Å². The first-order valence-corrected chi connectivity index (χ1v) is 7.85. The van der Waals surface area contributed by atoms with Gasteiger partial charge in [-0.05, 0) is 20.3 Å². The minimum atomic E-state index is -1.42. The van der Waals surface area contributed by atoms with Crippen molar-refractivity contribution >= 4 is 23.8 Å². The summed E-state index contributed by atoms with van der Waals surface area (Å²) in [6.07, 6.45) is -1.28. The number of rotatable bonds is 6. The van der Waals surface area contributed by atoms with E-state index in [2.05, 4.69) is 0 Å². The number of hydrogen-bond acceptors (Lipinski definition) is 8. The summed E-state index contributed by atoms with van der Waals surface area (Å²) < 4.78 is 15.8. The van der Waals surface area contributed by atoms with Crippen LogP contribution in [0.15, 0.2) is 0 Å². The zero-order chi connectivity index (χ0) is 17.9. The SMILES string of the molecule is CCCCOC(=O)[C@@H]1OC(C)(C)O[C@H]1C(=O)ON1C(=O)CCC1=O. The smallest absolute Gasteiger partial charge is 0.365 e. The molecule has 24 heavy (non-hydrogen) atoms. The molecule has 0 aliphatic carbocycles. The van der Waals surface area contributed by atoms with Crippen molar-refractivity contribution in [3.63, 3.8) is 0 Å². The molecule has 9 nitrogen and oxygen atoms in total. The maximum atomic E-state index is 12.2. The van der Waals surface area contributed by atoms with Crippen LogP contribution in [-0.4, -0.2) is 53.4 Å². The number of amides is 2. The molecule has 134 valence electrons. The number of imide groups is 1. The van der Waals surface area contributed by atoms with E-state index in [-0.39, 0.29) is 19.4 Å². The van der Waals surface area contributed by atoms with Gasteiger partial charge in [-0.3, -0.25) is 9.59 Å². The minimum absolute atomic E-state index is 0.0257. The lowest BCUT2D eigenvalue weighted by Gasteiger charge is -2.18. The van der Waals surface area contributed by atoms with Gasteiger partial charge in [-0.25, -0.2) is 9.59 Å². The molecule has 0 radical (unpaired) electrons. The molecule has 2 saturated heterocycles. The zero-order valence-electron chi connectivity index (χ0n) is 13.9. The van der Waals surface area contributed by atoms with Crippen LogP contribution in [0.4, 0.5) is 0 Å². The molecular weight excluding hydrogens is 322 g/mol. The fraction of sp³-hybridized carbons (Fsp3) is 0.733. The topological polar surface area (TPSA) is 108 Å². The molecule has 9 heteroatoms. The van der Waals surface area contributed by atoms with Crippen LogP contribution in [0.3, 0.4) is 0 Å². The third-order valence-corrected chi connectivity index (χ3v) is 3.49. The van der Waals surface area contributed by atoms with Gasteiger partial charge in [0.25, 0.3) is 11.8 Å². The molecule has 2 aliphatic rings. The highest BCUT2D eigenvalue weighted by Gasteiger charge is 2.52. The van der Waals surface area contributed by atoms with Gasteiger partial charge < -0.3 is 19.0 Å². The van der Waals surface area contributed by atoms with E-state index in [0.717, 1.165) is 6.42 Å². The van der Waals surface area contributed by atoms with Gasteiger partial charge in [0.1, 0.15) is 0 Å². The molecule has 0 aromatic heterocycles. The Hall–Kier alpha value is -2.00. The molecule has 0 aromatic carbocycles. The van der Waals surface area contributed by atoms with Gasteiger partial charge in [-0.1, -0.05) is 13.3 Å². The fourth-order valence-electron chi connectivity index (χ4n) is 2.31. The summed E-state index contributed by atoms with van der Waals surface area (Å²) in [5.74, 6) is -4.25.